The Morgan fingerprint density at radius 3 is 2.18 bits per heavy atom. The number of hydrogen-bond donors (Lipinski definition) is 1. The Bertz CT molecular complexity index is 828. The number of hydrogen-bond acceptors (Lipinski definition) is 4. The van der Waals surface area contributed by atoms with E-state index in [-0.39, 0.29) is 11.3 Å². The minimum Gasteiger partial charge on any atom is -0.340 e. The van der Waals surface area contributed by atoms with E-state index < -0.39 is 31.0 Å². The fourth-order valence-corrected chi connectivity index (χ4v) is 2.55. The van der Waals surface area contributed by atoms with Gasteiger partial charge >= 0.3 is 5.51 Å². The van der Waals surface area contributed by atoms with Crippen molar-refractivity contribution in [2.75, 3.05) is 0 Å². The second kappa shape index (κ2) is 5.29. The van der Waals surface area contributed by atoms with Crippen LogP contribution in [0.5, 0.6) is 0 Å². The number of rotatable bonds is 3. The third kappa shape index (κ3) is 2.79. The number of benzene rings is 1. The van der Waals surface area contributed by atoms with Gasteiger partial charge in [-0.05, 0) is 12.1 Å². The molecule has 0 radical (unpaired) electrons. The van der Waals surface area contributed by atoms with E-state index in [1.165, 1.54) is 24.3 Å². The third-order valence-electron chi connectivity index (χ3n) is 2.70. The lowest BCUT2D eigenvalue weighted by atomic mass is 10.1. The van der Waals surface area contributed by atoms with E-state index in [4.69, 9.17) is 11.6 Å². The first-order valence-corrected chi connectivity index (χ1v) is 7.35. The number of aromatic nitrogens is 1. The van der Waals surface area contributed by atoms with E-state index in [9.17, 15) is 31.7 Å². The van der Waals surface area contributed by atoms with Crippen LogP contribution in [0.2, 0.25) is 5.02 Å². The summed E-state index contributed by atoms with van der Waals surface area (Å²) < 4.78 is 60.2. The average Bonchev–Trinajstić information content (AvgIpc) is 2.84. The lowest BCUT2D eigenvalue weighted by Crippen LogP contribution is -2.23. The summed E-state index contributed by atoms with van der Waals surface area (Å²) >= 11 is 5.65. The molecule has 1 heterocycles. The van der Waals surface area contributed by atoms with Crippen molar-refractivity contribution in [3.63, 3.8) is 0 Å². The van der Waals surface area contributed by atoms with Crippen molar-refractivity contribution in [1.82, 2.24) is 4.98 Å². The molecule has 0 saturated carbocycles. The van der Waals surface area contributed by atoms with Crippen LogP contribution in [0.4, 0.5) is 18.9 Å². The monoisotopic (exact) mass is 354 g/mol. The Labute approximate surface area is 126 Å². The Morgan fingerprint density at radius 2 is 1.73 bits per heavy atom. The first-order valence-electron chi connectivity index (χ1n) is 5.48. The Hall–Kier alpha value is -2.07. The minimum atomic E-state index is -5.71. The van der Waals surface area contributed by atoms with Gasteiger partial charge in [-0.15, -0.1) is 0 Å². The lowest BCUT2D eigenvalue weighted by molar-refractivity contribution is -0.384. The predicted octanol–water partition coefficient (Wildman–Crippen LogP) is 3.54. The molecule has 0 aliphatic heterocycles. The standard InChI is InChI=1S/C11H6ClF3N2O4S/c12-7-3-1-6(2-4-7)10-8(17(18)19)5-9(16-10)22(20,21)11(13,14)15/h1-5,16H. The normalized spacial score (nSPS) is 12.4. The molecule has 0 saturated heterocycles. The number of aromatic amines is 1. The van der Waals surface area contributed by atoms with Gasteiger partial charge in [0.05, 0.1) is 11.0 Å². The maximum Gasteiger partial charge on any atom is 0.503 e. The van der Waals surface area contributed by atoms with E-state index in [1.807, 2.05) is 4.98 Å². The van der Waals surface area contributed by atoms with Gasteiger partial charge < -0.3 is 4.98 Å². The van der Waals surface area contributed by atoms with Crippen LogP contribution in [0.3, 0.4) is 0 Å². The van der Waals surface area contributed by atoms with Crippen molar-refractivity contribution in [3.05, 3.63) is 45.5 Å². The molecule has 6 nitrogen and oxygen atoms in total. The first-order chi connectivity index (χ1) is 10.0. The number of H-pyrrole nitrogens is 1. The molecule has 22 heavy (non-hydrogen) atoms. The molecular formula is C11H6ClF3N2O4S. The third-order valence-corrected chi connectivity index (χ3v) is 4.36. The van der Waals surface area contributed by atoms with Crippen molar-refractivity contribution in [1.29, 1.82) is 0 Å². The van der Waals surface area contributed by atoms with Crippen molar-refractivity contribution < 1.29 is 26.5 Å². The van der Waals surface area contributed by atoms with Crippen LogP contribution in [0.1, 0.15) is 0 Å². The largest absolute Gasteiger partial charge is 0.503 e. The maximum absolute atomic E-state index is 12.5. The second-order valence-corrected chi connectivity index (χ2v) is 6.45. The topological polar surface area (TPSA) is 93.1 Å². The predicted molar refractivity (Wildman–Crippen MR) is 71.1 cm³/mol. The van der Waals surface area contributed by atoms with Crippen LogP contribution in [-0.4, -0.2) is 23.8 Å². The highest BCUT2D eigenvalue weighted by molar-refractivity contribution is 7.92. The maximum atomic E-state index is 12.5. The molecule has 0 unspecified atom stereocenters. The highest BCUT2D eigenvalue weighted by Gasteiger charge is 2.48. The van der Waals surface area contributed by atoms with Crippen LogP contribution in [0, 0.1) is 10.1 Å². The number of sulfone groups is 1. The van der Waals surface area contributed by atoms with E-state index in [0.717, 1.165) is 0 Å². The Balaban J connectivity index is 2.66. The van der Waals surface area contributed by atoms with E-state index in [0.29, 0.717) is 11.1 Å². The van der Waals surface area contributed by atoms with Crippen molar-refractivity contribution >= 4 is 27.1 Å². The quantitative estimate of drug-likeness (QED) is 0.674. The summed E-state index contributed by atoms with van der Waals surface area (Å²) in [7, 11) is -5.71. The van der Waals surface area contributed by atoms with Crippen LogP contribution in [-0.2, 0) is 9.84 Å². The molecule has 118 valence electrons. The van der Waals surface area contributed by atoms with Gasteiger partial charge in [-0.1, -0.05) is 23.7 Å². The van der Waals surface area contributed by atoms with Gasteiger partial charge in [-0.2, -0.15) is 13.2 Å². The molecule has 0 atom stereocenters. The summed E-state index contributed by atoms with van der Waals surface area (Å²) in [6.45, 7) is 0. The van der Waals surface area contributed by atoms with Crippen LogP contribution in [0.25, 0.3) is 11.3 Å². The number of halogens is 4. The van der Waals surface area contributed by atoms with Gasteiger partial charge in [0, 0.05) is 10.6 Å². The van der Waals surface area contributed by atoms with E-state index in [2.05, 4.69) is 0 Å². The van der Waals surface area contributed by atoms with Gasteiger partial charge in [-0.25, -0.2) is 8.42 Å². The molecule has 2 rings (SSSR count). The molecule has 1 N–H and O–H groups in total. The van der Waals surface area contributed by atoms with Crippen LogP contribution >= 0.6 is 11.6 Å². The van der Waals surface area contributed by atoms with Crippen molar-refractivity contribution in [2.24, 2.45) is 0 Å². The zero-order chi connectivity index (χ0) is 16.7. The molecule has 0 bridgehead atoms. The lowest BCUT2D eigenvalue weighted by Gasteiger charge is -2.05. The van der Waals surface area contributed by atoms with Crippen molar-refractivity contribution in [2.45, 2.75) is 10.5 Å². The number of nitro groups is 1. The van der Waals surface area contributed by atoms with Crippen LogP contribution in [0.15, 0.2) is 35.4 Å². The van der Waals surface area contributed by atoms with Gasteiger partial charge in [-0.3, -0.25) is 10.1 Å². The smallest absolute Gasteiger partial charge is 0.340 e. The van der Waals surface area contributed by atoms with Gasteiger partial charge in [0.1, 0.15) is 10.7 Å². The number of nitrogens with one attached hydrogen (secondary N) is 1. The molecule has 0 aliphatic carbocycles. The summed E-state index contributed by atoms with van der Waals surface area (Å²) in [5, 5.41) is 9.95. The Kier molecular flexibility index (Phi) is 3.92. The Morgan fingerprint density at radius 1 is 1.18 bits per heavy atom. The highest BCUT2D eigenvalue weighted by atomic mass is 35.5. The highest BCUT2D eigenvalue weighted by Crippen LogP contribution is 2.36. The molecule has 0 amide bonds. The molecule has 2 aromatic rings. The van der Waals surface area contributed by atoms with Gasteiger partial charge in [0.2, 0.25) is 0 Å². The fourth-order valence-electron chi connectivity index (χ4n) is 1.67. The zero-order valence-electron chi connectivity index (χ0n) is 10.4. The fraction of sp³-hybridized carbons (Fsp3) is 0.0909. The van der Waals surface area contributed by atoms with Crippen molar-refractivity contribution in [3.8, 4) is 11.3 Å². The molecule has 0 fully saturated rings. The summed E-state index contributed by atoms with van der Waals surface area (Å²) in [5.74, 6) is 0. The summed E-state index contributed by atoms with van der Waals surface area (Å²) in [5.41, 5.74) is -6.59. The van der Waals surface area contributed by atoms with E-state index in [1.54, 1.807) is 0 Å². The molecule has 1 aromatic carbocycles. The van der Waals surface area contributed by atoms with Gasteiger partial charge in [0.15, 0.2) is 0 Å². The summed E-state index contributed by atoms with van der Waals surface area (Å²) in [6, 6.07) is 5.68. The SMILES string of the molecule is O=[N+]([O-])c1cc(S(=O)(=O)C(F)(F)F)[nH]c1-c1ccc(Cl)cc1. The van der Waals surface area contributed by atoms with E-state index >= 15 is 0 Å². The molecule has 1 aromatic heterocycles. The van der Waals surface area contributed by atoms with Gasteiger partial charge in [0.25, 0.3) is 15.5 Å². The summed E-state index contributed by atoms with van der Waals surface area (Å²) in [4.78, 5) is 11.9. The number of alkyl halides is 3. The minimum absolute atomic E-state index is 0.125. The molecule has 11 heteroatoms. The van der Waals surface area contributed by atoms with Crippen LogP contribution < -0.4 is 0 Å². The molecule has 0 aliphatic rings. The average molecular weight is 355 g/mol. The summed E-state index contributed by atoms with van der Waals surface area (Å²) in [6.07, 6.45) is 0. The zero-order valence-corrected chi connectivity index (χ0v) is 12.0. The first kappa shape index (κ1) is 16.3. The number of nitrogens with zero attached hydrogens (tertiary/aromatic N) is 1. The molecular weight excluding hydrogens is 349 g/mol. The molecule has 0 spiro atoms. The second-order valence-electron chi connectivity index (χ2n) is 4.11.